The van der Waals surface area contributed by atoms with E-state index >= 15 is 0 Å². The monoisotopic (exact) mass is 342 g/mol. The zero-order chi connectivity index (χ0) is 15.4. The SMILES string of the molecule is C[S@](=O)Cc1cc(NC(=O)c2cc(Cl)ccn2)ccc1Cl. The molecule has 1 heterocycles. The predicted octanol–water partition coefficient (Wildman–Crippen LogP) is 3.52. The van der Waals surface area contributed by atoms with E-state index in [9.17, 15) is 9.00 Å². The second-order valence-corrected chi connectivity index (χ2v) is 6.62. The predicted molar refractivity (Wildman–Crippen MR) is 86.4 cm³/mol. The van der Waals surface area contributed by atoms with E-state index in [0.717, 1.165) is 0 Å². The van der Waals surface area contributed by atoms with Crippen molar-refractivity contribution in [1.29, 1.82) is 0 Å². The molecule has 110 valence electrons. The number of anilines is 1. The van der Waals surface area contributed by atoms with Crippen molar-refractivity contribution >= 4 is 45.6 Å². The Bertz CT molecular complexity index is 707. The van der Waals surface area contributed by atoms with Crippen molar-refractivity contribution in [3.8, 4) is 0 Å². The van der Waals surface area contributed by atoms with Crippen LogP contribution < -0.4 is 5.32 Å². The third-order valence-electron chi connectivity index (χ3n) is 2.62. The molecule has 1 aromatic carbocycles. The van der Waals surface area contributed by atoms with Gasteiger partial charge in [-0.15, -0.1) is 0 Å². The average Bonchev–Trinajstić information content (AvgIpc) is 2.42. The molecule has 1 amide bonds. The molecule has 4 nitrogen and oxygen atoms in total. The summed E-state index contributed by atoms with van der Waals surface area (Å²) in [6.45, 7) is 0. The van der Waals surface area contributed by atoms with E-state index in [1.807, 2.05) is 0 Å². The number of nitrogens with one attached hydrogen (secondary N) is 1. The van der Waals surface area contributed by atoms with Crippen LogP contribution in [-0.4, -0.2) is 21.4 Å². The number of nitrogens with zero attached hydrogens (tertiary/aromatic N) is 1. The number of pyridine rings is 1. The number of rotatable bonds is 4. The van der Waals surface area contributed by atoms with Crippen molar-refractivity contribution in [2.24, 2.45) is 0 Å². The summed E-state index contributed by atoms with van der Waals surface area (Å²) >= 11 is 11.9. The zero-order valence-corrected chi connectivity index (χ0v) is 13.4. The minimum atomic E-state index is -1.01. The van der Waals surface area contributed by atoms with Crippen LogP contribution >= 0.6 is 23.2 Å². The van der Waals surface area contributed by atoms with Crippen molar-refractivity contribution in [3.63, 3.8) is 0 Å². The lowest BCUT2D eigenvalue weighted by Gasteiger charge is -2.08. The van der Waals surface area contributed by atoms with Crippen LogP contribution in [0.2, 0.25) is 10.0 Å². The van der Waals surface area contributed by atoms with Gasteiger partial charge in [0.1, 0.15) is 5.69 Å². The Morgan fingerprint density at radius 3 is 2.71 bits per heavy atom. The average molecular weight is 343 g/mol. The number of hydrogen-bond acceptors (Lipinski definition) is 3. The van der Waals surface area contributed by atoms with Gasteiger partial charge in [0.2, 0.25) is 0 Å². The topological polar surface area (TPSA) is 59.1 Å². The third kappa shape index (κ3) is 4.52. The molecule has 1 N–H and O–H groups in total. The van der Waals surface area contributed by atoms with E-state index in [1.54, 1.807) is 30.5 Å². The van der Waals surface area contributed by atoms with Gasteiger partial charge in [-0.2, -0.15) is 0 Å². The lowest BCUT2D eigenvalue weighted by Crippen LogP contribution is -2.13. The molecule has 0 aliphatic rings. The lowest BCUT2D eigenvalue weighted by atomic mass is 10.2. The Kier molecular flexibility index (Phi) is 5.33. The molecule has 0 saturated heterocycles. The molecule has 7 heteroatoms. The second-order valence-electron chi connectivity index (χ2n) is 4.34. The summed E-state index contributed by atoms with van der Waals surface area (Å²) in [6.07, 6.45) is 3.06. The molecule has 21 heavy (non-hydrogen) atoms. The fourth-order valence-corrected chi connectivity index (χ4v) is 2.81. The number of carbonyl (C=O) groups excluding carboxylic acids is 1. The van der Waals surface area contributed by atoms with Gasteiger partial charge in [0.05, 0.1) is 0 Å². The molecule has 0 bridgehead atoms. The molecule has 2 rings (SSSR count). The Morgan fingerprint density at radius 1 is 1.29 bits per heavy atom. The fourth-order valence-electron chi connectivity index (χ4n) is 1.71. The fraction of sp³-hybridized carbons (Fsp3) is 0.143. The van der Waals surface area contributed by atoms with Crippen molar-refractivity contribution in [2.45, 2.75) is 5.75 Å². The lowest BCUT2D eigenvalue weighted by molar-refractivity contribution is 0.102. The number of halogens is 2. The Labute approximate surface area is 134 Å². The van der Waals surface area contributed by atoms with Gasteiger partial charge in [-0.25, -0.2) is 0 Å². The maximum absolute atomic E-state index is 12.1. The van der Waals surface area contributed by atoms with E-state index in [-0.39, 0.29) is 11.6 Å². The highest BCUT2D eigenvalue weighted by Crippen LogP contribution is 2.22. The summed E-state index contributed by atoms with van der Waals surface area (Å²) < 4.78 is 11.3. The van der Waals surface area contributed by atoms with Crippen molar-refractivity contribution in [1.82, 2.24) is 4.98 Å². The molecule has 0 saturated carbocycles. The molecule has 0 aliphatic heterocycles. The summed E-state index contributed by atoms with van der Waals surface area (Å²) in [5.74, 6) is -0.0405. The van der Waals surface area contributed by atoms with Gasteiger partial charge in [-0.3, -0.25) is 14.0 Å². The van der Waals surface area contributed by atoms with Gasteiger partial charge in [-0.1, -0.05) is 23.2 Å². The maximum Gasteiger partial charge on any atom is 0.274 e. The molecule has 0 spiro atoms. The van der Waals surface area contributed by atoms with Gasteiger partial charge >= 0.3 is 0 Å². The van der Waals surface area contributed by atoms with Gasteiger partial charge in [-0.05, 0) is 35.9 Å². The maximum atomic E-state index is 12.1. The van der Waals surface area contributed by atoms with Crippen molar-refractivity contribution in [3.05, 3.63) is 57.8 Å². The minimum Gasteiger partial charge on any atom is -0.321 e. The van der Waals surface area contributed by atoms with Crippen LogP contribution in [0, 0.1) is 0 Å². The first kappa shape index (κ1) is 15.9. The van der Waals surface area contributed by atoms with Gasteiger partial charge in [0, 0.05) is 44.7 Å². The number of aromatic nitrogens is 1. The summed E-state index contributed by atoms with van der Waals surface area (Å²) in [6, 6.07) is 8.11. The summed E-state index contributed by atoms with van der Waals surface area (Å²) in [5, 5.41) is 3.66. The highest BCUT2D eigenvalue weighted by molar-refractivity contribution is 7.83. The minimum absolute atomic E-state index is 0.220. The first-order valence-electron chi connectivity index (χ1n) is 5.97. The molecular formula is C14H12Cl2N2O2S. The number of benzene rings is 1. The highest BCUT2D eigenvalue weighted by Gasteiger charge is 2.10. The highest BCUT2D eigenvalue weighted by atomic mass is 35.5. The summed E-state index contributed by atoms with van der Waals surface area (Å²) in [7, 11) is -1.01. The molecule has 2 aromatic rings. The molecule has 0 unspecified atom stereocenters. The van der Waals surface area contributed by atoms with E-state index in [4.69, 9.17) is 23.2 Å². The third-order valence-corrected chi connectivity index (χ3v) is 3.94. The van der Waals surface area contributed by atoms with Crippen LogP contribution in [0.15, 0.2) is 36.5 Å². The normalized spacial score (nSPS) is 12.0. The quantitative estimate of drug-likeness (QED) is 0.924. The van der Waals surface area contributed by atoms with Gasteiger partial charge < -0.3 is 5.32 Å². The molecule has 0 radical (unpaired) electrons. The molecular weight excluding hydrogens is 331 g/mol. The van der Waals surface area contributed by atoms with Crippen molar-refractivity contribution < 1.29 is 9.00 Å². The van der Waals surface area contributed by atoms with Crippen LogP contribution in [0.3, 0.4) is 0 Å². The molecule has 1 aromatic heterocycles. The van der Waals surface area contributed by atoms with Crippen LogP contribution in [-0.2, 0) is 16.6 Å². The van der Waals surface area contributed by atoms with Crippen molar-refractivity contribution in [2.75, 3.05) is 11.6 Å². The molecule has 1 atom stereocenters. The summed E-state index contributed by atoms with van der Waals surface area (Å²) in [4.78, 5) is 16.0. The zero-order valence-electron chi connectivity index (χ0n) is 11.1. The Balaban J connectivity index is 2.19. The number of hydrogen-bond donors (Lipinski definition) is 1. The second kappa shape index (κ2) is 7.02. The largest absolute Gasteiger partial charge is 0.321 e. The Morgan fingerprint density at radius 2 is 2.05 bits per heavy atom. The summed E-state index contributed by atoms with van der Waals surface area (Å²) in [5.41, 5.74) is 1.50. The molecule has 0 aliphatic carbocycles. The van der Waals surface area contributed by atoms with Crippen LogP contribution in [0.5, 0.6) is 0 Å². The van der Waals surface area contributed by atoms with E-state index in [0.29, 0.717) is 27.0 Å². The molecule has 0 fully saturated rings. The smallest absolute Gasteiger partial charge is 0.274 e. The van der Waals surface area contributed by atoms with Gasteiger partial charge in [0.25, 0.3) is 5.91 Å². The number of amides is 1. The van der Waals surface area contributed by atoms with E-state index in [2.05, 4.69) is 10.3 Å². The van der Waals surface area contributed by atoms with Gasteiger partial charge in [0.15, 0.2) is 0 Å². The van der Waals surface area contributed by atoms with Crippen LogP contribution in [0.4, 0.5) is 5.69 Å². The van der Waals surface area contributed by atoms with Crippen LogP contribution in [0.1, 0.15) is 16.1 Å². The van der Waals surface area contributed by atoms with E-state index in [1.165, 1.54) is 12.3 Å². The number of carbonyl (C=O) groups is 1. The Hall–Kier alpha value is -1.43. The van der Waals surface area contributed by atoms with Crippen LogP contribution in [0.25, 0.3) is 0 Å². The standard InChI is InChI=1S/C14H12Cl2N2O2S/c1-21(20)8-9-6-11(2-3-12(9)16)18-14(19)13-7-10(15)4-5-17-13/h2-7H,8H2,1H3,(H,18,19)/t21-/m0/s1. The van der Waals surface area contributed by atoms with E-state index < -0.39 is 10.8 Å². The first-order chi connectivity index (χ1) is 9.95. The first-order valence-corrected chi connectivity index (χ1v) is 8.45.